The van der Waals surface area contributed by atoms with E-state index in [1.165, 1.54) is 44.5 Å². The maximum atomic E-state index is 2.48. The average Bonchev–Trinajstić information content (AvgIpc) is 3.45. The Kier molecular flexibility index (Phi) is 5.76. The number of rotatable bonds is 4. The van der Waals surface area contributed by atoms with E-state index in [-0.39, 0.29) is 0 Å². The third-order valence-corrected chi connectivity index (χ3v) is 16.2. The summed E-state index contributed by atoms with van der Waals surface area (Å²) in [5, 5.41) is 0. The van der Waals surface area contributed by atoms with Crippen LogP contribution in [-0.4, -0.2) is 3.21 Å². The molecule has 0 heterocycles. The van der Waals surface area contributed by atoms with Gasteiger partial charge >= 0.3 is 211 Å². The van der Waals surface area contributed by atoms with E-state index < -0.39 is 21.3 Å². The zero-order chi connectivity index (χ0) is 23.1. The van der Waals surface area contributed by atoms with Gasteiger partial charge in [0.25, 0.3) is 0 Å². The summed E-state index contributed by atoms with van der Waals surface area (Å²) in [6.45, 7) is 4.84. The van der Waals surface area contributed by atoms with Crippen molar-refractivity contribution in [2.24, 2.45) is 0 Å². The molecule has 0 spiro atoms. The molecule has 1 heteroatoms. The summed E-state index contributed by atoms with van der Waals surface area (Å²) in [6, 6.07) is 40.4. The second-order valence-corrected chi connectivity index (χ2v) is 17.0. The molecule has 0 N–H and O–H groups in total. The predicted octanol–water partition coefficient (Wildman–Crippen LogP) is 8.41. The number of allylic oxidation sites excluding steroid dienone is 2. The normalized spacial score (nSPS) is 18.1. The zero-order valence-corrected chi connectivity index (χ0v) is 22.2. The van der Waals surface area contributed by atoms with E-state index in [9.17, 15) is 0 Å². The van der Waals surface area contributed by atoms with Crippen LogP contribution in [0.25, 0.3) is 23.3 Å². The molecule has 34 heavy (non-hydrogen) atoms. The molecule has 2 atom stereocenters. The van der Waals surface area contributed by atoms with E-state index in [4.69, 9.17) is 0 Å². The Morgan fingerprint density at radius 1 is 0.500 bits per heavy atom. The monoisotopic (exact) mass is 514 g/mol. The Morgan fingerprint density at radius 2 is 0.882 bits per heavy atom. The first-order valence-corrected chi connectivity index (χ1v) is 16.2. The van der Waals surface area contributed by atoms with Crippen LogP contribution in [0.2, 0.25) is 0 Å². The van der Waals surface area contributed by atoms with Crippen molar-refractivity contribution >= 4 is 26.5 Å². The van der Waals surface area contributed by atoms with Gasteiger partial charge in [0.2, 0.25) is 0 Å². The van der Waals surface area contributed by atoms with Crippen LogP contribution in [0.3, 0.4) is 0 Å². The van der Waals surface area contributed by atoms with Crippen molar-refractivity contribution in [1.29, 1.82) is 0 Å². The molecule has 0 nitrogen and oxygen atoms in total. The molecule has 2 aliphatic carbocycles. The van der Waals surface area contributed by atoms with E-state index in [0.717, 1.165) is 0 Å². The average molecular weight is 516 g/mol. The first kappa shape index (κ1) is 21.6. The molecule has 164 valence electrons. The second kappa shape index (κ2) is 9.05. The summed E-state index contributed by atoms with van der Waals surface area (Å²) >= 11 is -2.36. The van der Waals surface area contributed by atoms with Crippen LogP contribution in [0.4, 0.5) is 0 Å². The van der Waals surface area contributed by atoms with Crippen LogP contribution in [0.15, 0.2) is 109 Å². The van der Waals surface area contributed by atoms with Gasteiger partial charge < -0.3 is 0 Å². The molecule has 0 saturated heterocycles. The van der Waals surface area contributed by atoms with E-state index in [1.807, 2.05) is 0 Å². The van der Waals surface area contributed by atoms with Crippen molar-refractivity contribution in [3.63, 3.8) is 0 Å². The Bertz CT molecular complexity index is 1340. The van der Waals surface area contributed by atoms with E-state index in [2.05, 4.69) is 135 Å². The second-order valence-electron chi connectivity index (χ2n) is 9.51. The van der Waals surface area contributed by atoms with Gasteiger partial charge in [-0.1, -0.05) is 0 Å². The molecule has 0 aliphatic heterocycles. The molecule has 0 amide bonds. The molecule has 0 saturated carbocycles. The summed E-state index contributed by atoms with van der Waals surface area (Å²) in [5.74, 6) is 0. The summed E-state index contributed by atoms with van der Waals surface area (Å²) in [4.78, 5) is 0. The van der Waals surface area contributed by atoms with Crippen molar-refractivity contribution in [2.45, 2.75) is 21.1 Å². The Balaban J connectivity index is 1.58. The molecule has 2 aliphatic rings. The van der Waals surface area contributed by atoms with Crippen LogP contribution >= 0.6 is 0 Å². The van der Waals surface area contributed by atoms with Gasteiger partial charge in [-0.25, -0.2) is 0 Å². The first-order valence-electron chi connectivity index (χ1n) is 12.1. The van der Waals surface area contributed by atoms with Crippen LogP contribution in [-0.2, 0) is 21.3 Å². The van der Waals surface area contributed by atoms with Crippen LogP contribution < -0.4 is 0 Å². The predicted molar refractivity (Wildman–Crippen MR) is 143 cm³/mol. The molecule has 0 bridgehead atoms. The minimum absolute atomic E-state index is 0.509. The maximum absolute atomic E-state index is 2.48. The summed E-state index contributed by atoms with van der Waals surface area (Å²) in [5.41, 5.74) is 11.7. The van der Waals surface area contributed by atoms with Crippen molar-refractivity contribution in [1.82, 2.24) is 0 Å². The fourth-order valence-corrected chi connectivity index (χ4v) is 15.3. The summed E-state index contributed by atoms with van der Waals surface area (Å²) in [6.07, 6.45) is 4.96. The van der Waals surface area contributed by atoms with Crippen molar-refractivity contribution in [2.75, 3.05) is 0 Å². The molecule has 4 aromatic carbocycles. The van der Waals surface area contributed by atoms with Crippen molar-refractivity contribution in [3.05, 3.63) is 143 Å². The minimum atomic E-state index is -2.36. The Labute approximate surface area is 210 Å². The third-order valence-electron chi connectivity index (χ3n) is 7.27. The van der Waals surface area contributed by atoms with Crippen LogP contribution in [0.1, 0.15) is 54.5 Å². The molecular weight excluding hydrogens is 488 g/mol. The quantitative estimate of drug-likeness (QED) is 0.256. The third kappa shape index (κ3) is 3.68. The molecule has 0 radical (unpaired) electrons. The summed E-state index contributed by atoms with van der Waals surface area (Å²) < 4.78 is 2.69. The fourth-order valence-electron chi connectivity index (χ4n) is 5.82. The zero-order valence-electron chi connectivity index (χ0n) is 19.7. The topological polar surface area (TPSA) is 0 Å². The van der Waals surface area contributed by atoms with Gasteiger partial charge in [0.05, 0.1) is 0 Å². The Hall–Kier alpha value is -2.89. The van der Waals surface area contributed by atoms with Gasteiger partial charge in [0.1, 0.15) is 0 Å². The first-order chi connectivity index (χ1) is 16.7. The van der Waals surface area contributed by atoms with Crippen LogP contribution in [0, 0.1) is 0 Å². The fraction of sp³-hybridized carbons (Fsp3) is 0.121. The molecule has 0 fully saturated rings. The van der Waals surface area contributed by atoms with E-state index in [0.29, 0.717) is 7.25 Å². The van der Waals surface area contributed by atoms with Gasteiger partial charge in [-0.3, -0.25) is 0 Å². The van der Waals surface area contributed by atoms with Gasteiger partial charge in [-0.15, -0.1) is 0 Å². The SMILES string of the molecule is C[C](C)=[Zr]([CH]1C(c2ccccc2)=Cc2ccccc21)[CH]1C(c2ccccc2)=Cc2ccccc21. The standard InChI is InChI=1S/2C15H11.C3H6.Zr/c2*1-2-6-12(7-3-1)15-10-13-8-4-5-9-14(13)11-15;1-3-2;/h2*1-11H;1-2H3;. The number of fused-ring (bicyclic) bond motifs is 2. The Morgan fingerprint density at radius 3 is 1.29 bits per heavy atom. The van der Waals surface area contributed by atoms with E-state index in [1.54, 1.807) is 3.21 Å². The van der Waals surface area contributed by atoms with Gasteiger partial charge in [-0.2, -0.15) is 0 Å². The van der Waals surface area contributed by atoms with E-state index >= 15 is 0 Å². The van der Waals surface area contributed by atoms with Gasteiger partial charge in [0.15, 0.2) is 0 Å². The molecule has 6 rings (SSSR count). The summed E-state index contributed by atoms with van der Waals surface area (Å²) in [7, 11) is 0. The molecular formula is C33H28Zr. The molecule has 0 aromatic heterocycles. The number of benzene rings is 4. The number of hydrogen-bond acceptors (Lipinski definition) is 0. The molecule has 2 unspecified atom stereocenters. The number of hydrogen-bond donors (Lipinski definition) is 0. The molecule has 4 aromatic rings. The van der Waals surface area contributed by atoms with Crippen molar-refractivity contribution < 1.29 is 21.3 Å². The van der Waals surface area contributed by atoms with Crippen LogP contribution in [0.5, 0.6) is 0 Å². The van der Waals surface area contributed by atoms with Crippen molar-refractivity contribution in [3.8, 4) is 0 Å². The van der Waals surface area contributed by atoms with Gasteiger partial charge in [0, 0.05) is 0 Å². The van der Waals surface area contributed by atoms with Gasteiger partial charge in [-0.05, 0) is 0 Å².